The molecule has 1 atom stereocenters. The molecule has 0 bridgehead atoms. The molecule has 0 fully saturated rings. The highest BCUT2D eigenvalue weighted by atomic mass is 79.9. The number of carbonyl (C=O) groups is 2. The zero-order valence-corrected chi connectivity index (χ0v) is 10.4. The van der Waals surface area contributed by atoms with Crippen molar-refractivity contribution in [3.8, 4) is 0 Å². The Labute approximate surface area is 102 Å². The SMILES string of the molecule is COC(=O)C(CNC=O)c1cccc(Br)c1. The van der Waals surface area contributed by atoms with Crippen molar-refractivity contribution in [2.24, 2.45) is 0 Å². The van der Waals surface area contributed by atoms with Gasteiger partial charge in [0.05, 0.1) is 13.0 Å². The van der Waals surface area contributed by atoms with E-state index in [0.29, 0.717) is 6.41 Å². The third-order valence-electron chi connectivity index (χ3n) is 2.14. The molecule has 86 valence electrons. The molecule has 16 heavy (non-hydrogen) atoms. The van der Waals surface area contributed by atoms with Crippen LogP contribution in [-0.4, -0.2) is 26.0 Å². The van der Waals surface area contributed by atoms with Crippen LogP contribution in [0.15, 0.2) is 28.7 Å². The molecule has 0 aromatic heterocycles. The first-order valence-electron chi connectivity index (χ1n) is 4.69. The second kappa shape index (κ2) is 6.27. The van der Waals surface area contributed by atoms with Crippen molar-refractivity contribution in [2.75, 3.05) is 13.7 Å². The van der Waals surface area contributed by atoms with E-state index in [4.69, 9.17) is 4.74 Å². The molecular formula is C11H12BrNO3. The minimum absolute atomic E-state index is 0.229. The second-order valence-electron chi connectivity index (χ2n) is 3.16. The Balaban J connectivity index is 2.91. The fraction of sp³-hybridized carbons (Fsp3) is 0.273. The van der Waals surface area contributed by atoms with Crippen LogP contribution in [0.4, 0.5) is 0 Å². The van der Waals surface area contributed by atoms with E-state index < -0.39 is 5.92 Å². The van der Waals surface area contributed by atoms with Crippen molar-refractivity contribution < 1.29 is 14.3 Å². The fourth-order valence-corrected chi connectivity index (χ4v) is 1.79. The van der Waals surface area contributed by atoms with Gasteiger partial charge in [0.1, 0.15) is 0 Å². The molecule has 1 unspecified atom stereocenters. The van der Waals surface area contributed by atoms with Crippen LogP contribution in [0, 0.1) is 0 Å². The lowest BCUT2D eigenvalue weighted by Crippen LogP contribution is -2.26. The fourth-order valence-electron chi connectivity index (χ4n) is 1.37. The van der Waals surface area contributed by atoms with E-state index >= 15 is 0 Å². The normalized spacial score (nSPS) is 11.6. The van der Waals surface area contributed by atoms with E-state index in [0.717, 1.165) is 10.0 Å². The number of esters is 1. The highest BCUT2D eigenvalue weighted by molar-refractivity contribution is 9.10. The van der Waals surface area contributed by atoms with Gasteiger partial charge < -0.3 is 10.1 Å². The Morgan fingerprint density at radius 1 is 1.62 bits per heavy atom. The third-order valence-corrected chi connectivity index (χ3v) is 2.64. The van der Waals surface area contributed by atoms with Gasteiger partial charge in [-0.15, -0.1) is 0 Å². The molecule has 0 heterocycles. The van der Waals surface area contributed by atoms with Crippen LogP contribution < -0.4 is 5.32 Å². The molecule has 1 rings (SSSR count). The maximum atomic E-state index is 11.5. The average Bonchev–Trinajstić information content (AvgIpc) is 2.29. The first-order chi connectivity index (χ1) is 7.69. The second-order valence-corrected chi connectivity index (χ2v) is 4.07. The van der Waals surface area contributed by atoms with Crippen molar-refractivity contribution in [1.82, 2.24) is 5.32 Å². The Morgan fingerprint density at radius 3 is 2.94 bits per heavy atom. The van der Waals surface area contributed by atoms with Crippen LogP contribution in [0.2, 0.25) is 0 Å². The van der Waals surface area contributed by atoms with Gasteiger partial charge in [-0.1, -0.05) is 28.1 Å². The molecule has 0 saturated heterocycles. The number of ether oxygens (including phenoxy) is 1. The van der Waals surface area contributed by atoms with Gasteiger partial charge in [-0.25, -0.2) is 0 Å². The number of benzene rings is 1. The number of rotatable bonds is 5. The zero-order chi connectivity index (χ0) is 12.0. The summed E-state index contributed by atoms with van der Waals surface area (Å²) in [6, 6.07) is 7.34. The number of nitrogens with one attached hydrogen (secondary N) is 1. The lowest BCUT2D eigenvalue weighted by atomic mass is 9.99. The van der Waals surface area contributed by atoms with Gasteiger partial charge in [-0.3, -0.25) is 9.59 Å². The summed E-state index contributed by atoms with van der Waals surface area (Å²) in [4.78, 5) is 21.8. The molecule has 0 spiro atoms. The van der Waals surface area contributed by atoms with Gasteiger partial charge >= 0.3 is 5.97 Å². The van der Waals surface area contributed by atoms with Gasteiger partial charge in [0.25, 0.3) is 0 Å². The number of hydrogen-bond acceptors (Lipinski definition) is 3. The molecule has 1 aromatic rings. The van der Waals surface area contributed by atoms with E-state index in [9.17, 15) is 9.59 Å². The van der Waals surface area contributed by atoms with E-state index in [1.807, 2.05) is 24.3 Å². The van der Waals surface area contributed by atoms with Gasteiger partial charge in [0.15, 0.2) is 0 Å². The summed E-state index contributed by atoms with van der Waals surface area (Å²) in [5.74, 6) is -0.847. The number of carbonyl (C=O) groups excluding carboxylic acids is 2. The number of hydrogen-bond donors (Lipinski definition) is 1. The Kier molecular flexibility index (Phi) is 4.98. The topological polar surface area (TPSA) is 55.4 Å². The van der Waals surface area contributed by atoms with Gasteiger partial charge in [0, 0.05) is 11.0 Å². The smallest absolute Gasteiger partial charge is 0.314 e. The zero-order valence-electron chi connectivity index (χ0n) is 8.77. The summed E-state index contributed by atoms with van der Waals surface area (Å²) in [7, 11) is 1.33. The lowest BCUT2D eigenvalue weighted by molar-refractivity contribution is -0.142. The third kappa shape index (κ3) is 3.34. The maximum Gasteiger partial charge on any atom is 0.314 e. The summed E-state index contributed by atoms with van der Waals surface area (Å²) < 4.78 is 5.57. The van der Waals surface area contributed by atoms with Crippen LogP contribution in [-0.2, 0) is 14.3 Å². The first-order valence-corrected chi connectivity index (χ1v) is 5.48. The Bertz CT molecular complexity index is 381. The molecule has 0 aliphatic heterocycles. The van der Waals surface area contributed by atoms with Gasteiger partial charge in [0.2, 0.25) is 6.41 Å². The van der Waals surface area contributed by atoms with Crippen molar-refractivity contribution in [2.45, 2.75) is 5.92 Å². The monoisotopic (exact) mass is 285 g/mol. The van der Waals surface area contributed by atoms with Crippen LogP contribution in [0.5, 0.6) is 0 Å². The summed E-state index contributed by atoms with van der Waals surface area (Å²) >= 11 is 3.33. The van der Waals surface area contributed by atoms with Crippen molar-refractivity contribution in [1.29, 1.82) is 0 Å². The van der Waals surface area contributed by atoms with E-state index in [1.165, 1.54) is 7.11 Å². The highest BCUT2D eigenvalue weighted by Gasteiger charge is 2.20. The van der Waals surface area contributed by atoms with Crippen molar-refractivity contribution in [3.63, 3.8) is 0 Å². The summed E-state index contributed by atoms with van der Waals surface area (Å²) in [6.07, 6.45) is 0.563. The summed E-state index contributed by atoms with van der Waals surface area (Å²) in [6.45, 7) is 0.229. The van der Waals surface area contributed by atoms with E-state index in [1.54, 1.807) is 0 Å². The molecule has 1 N–H and O–H groups in total. The average molecular weight is 286 g/mol. The molecule has 5 heteroatoms. The molecule has 0 aliphatic carbocycles. The quantitative estimate of drug-likeness (QED) is 0.658. The number of halogens is 1. The molecule has 4 nitrogen and oxygen atoms in total. The van der Waals surface area contributed by atoms with E-state index in [-0.39, 0.29) is 12.5 Å². The maximum absolute atomic E-state index is 11.5. The highest BCUT2D eigenvalue weighted by Crippen LogP contribution is 2.20. The molecular weight excluding hydrogens is 274 g/mol. The standard InChI is InChI=1S/C11H12BrNO3/c1-16-11(15)10(6-13-7-14)8-3-2-4-9(12)5-8/h2-5,7,10H,6H2,1H3,(H,13,14). The Hall–Kier alpha value is -1.36. The molecule has 0 aliphatic rings. The molecule has 0 saturated carbocycles. The predicted molar refractivity (Wildman–Crippen MR) is 63.0 cm³/mol. The van der Waals surface area contributed by atoms with Crippen LogP contribution >= 0.6 is 15.9 Å². The molecule has 1 amide bonds. The minimum atomic E-state index is -0.479. The van der Waals surface area contributed by atoms with Crippen LogP contribution in [0.3, 0.4) is 0 Å². The predicted octanol–water partition coefficient (Wildman–Crippen LogP) is 1.45. The van der Waals surface area contributed by atoms with Crippen molar-refractivity contribution in [3.05, 3.63) is 34.3 Å². The van der Waals surface area contributed by atoms with Gasteiger partial charge in [-0.05, 0) is 17.7 Å². The minimum Gasteiger partial charge on any atom is -0.468 e. The van der Waals surface area contributed by atoms with Crippen molar-refractivity contribution >= 4 is 28.3 Å². The Morgan fingerprint density at radius 2 is 2.38 bits per heavy atom. The number of methoxy groups -OCH3 is 1. The molecule has 0 radical (unpaired) electrons. The summed E-state index contributed by atoms with van der Waals surface area (Å²) in [5.41, 5.74) is 0.801. The molecule has 1 aromatic carbocycles. The van der Waals surface area contributed by atoms with Crippen LogP contribution in [0.25, 0.3) is 0 Å². The first kappa shape index (κ1) is 12.7. The summed E-state index contributed by atoms with van der Waals surface area (Å²) in [5, 5.41) is 2.48. The largest absolute Gasteiger partial charge is 0.468 e. The van der Waals surface area contributed by atoms with Crippen LogP contribution in [0.1, 0.15) is 11.5 Å². The van der Waals surface area contributed by atoms with E-state index in [2.05, 4.69) is 21.2 Å². The van der Waals surface area contributed by atoms with Gasteiger partial charge in [-0.2, -0.15) is 0 Å². The number of amides is 1. The lowest BCUT2D eigenvalue weighted by Gasteiger charge is -2.14.